The molecule has 0 unspecified atom stereocenters. The van der Waals surface area contributed by atoms with Gasteiger partial charge in [-0.15, -0.1) is 5.10 Å². The highest BCUT2D eigenvalue weighted by Gasteiger charge is 2.24. The summed E-state index contributed by atoms with van der Waals surface area (Å²) in [5.41, 5.74) is 3.23. The lowest BCUT2D eigenvalue weighted by molar-refractivity contribution is 0.122. The van der Waals surface area contributed by atoms with Gasteiger partial charge in [0.15, 0.2) is 0 Å². The minimum absolute atomic E-state index is 0.00368. The molecule has 2 aliphatic rings. The molecule has 7 nitrogen and oxygen atoms in total. The maximum absolute atomic E-state index is 13.1. The van der Waals surface area contributed by atoms with Gasteiger partial charge in [0.2, 0.25) is 11.7 Å². The van der Waals surface area contributed by atoms with Gasteiger partial charge in [0.05, 0.1) is 19.8 Å². The van der Waals surface area contributed by atoms with E-state index in [2.05, 4.69) is 26.7 Å². The molecule has 0 saturated carbocycles. The fourth-order valence-corrected chi connectivity index (χ4v) is 4.10. The van der Waals surface area contributed by atoms with E-state index in [9.17, 15) is 4.79 Å². The highest BCUT2D eigenvalue weighted by molar-refractivity contribution is 5.44. The van der Waals surface area contributed by atoms with Gasteiger partial charge in [-0.3, -0.25) is 4.79 Å². The Labute approximate surface area is 157 Å². The summed E-state index contributed by atoms with van der Waals surface area (Å²) in [6.07, 6.45) is 3.92. The molecular weight excluding hydrogens is 342 g/mol. The molecule has 27 heavy (non-hydrogen) atoms. The zero-order chi connectivity index (χ0) is 18.2. The van der Waals surface area contributed by atoms with Crippen molar-refractivity contribution in [3.63, 3.8) is 0 Å². The third-order valence-corrected chi connectivity index (χ3v) is 5.51. The molecular formula is C20H23N5O2. The average Bonchev–Trinajstić information content (AvgIpc) is 3.18. The van der Waals surface area contributed by atoms with Gasteiger partial charge < -0.3 is 14.2 Å². The highest BCUT2D eigenvalue weighted by atomic mass is 16.5. The first-order valence-electron chi connectivity index (χ1n) is 9.69. The number of hydrogen-bond acceptors (Lipinski definition) is 5. The van der Waals surface area contributed by atoms with Gasteiger partial charge in [0.25, 0.3) is 5.56 Å². The molecule has 1 fully saturated rings. The van der Waals surface area contributed by atoms with Gasteiger partial charge in [-0.1, -0.05) is 30.3 Å². The van der Waals surface area contributed by atoms with Crippen LogP contribution in [0, 0.1) is 0 Å². The Morgan fingerprint density at radius 1 is 1.04 bits per heavy atom. The number of anilines is 1. The van der Waals surface area contributed by atoms with Gasteiger partial charge in [0.1, 0.15) is 0 Å². The van der Waals surface area contributed by atoms with Crippen LogP contribution in [0.5, 0.6) is 0 Å². The summed E-state index contributed by atoms with van der Waals surface area (Å²) < 4.78 is 9.14. The Bertz CT molecular complexity index is 1020. The molecule has 0 amide bonds. The monoisotopic (exact) mass is 365 g/mol. The Balaban J connectivity index is 1.68. The van der Waals surface area contributed by atoms with Crippen LogP contribution in [0.2, 0.25) is 0 Å². The van der Waals surface area contributed by atoms with Crippen LogP contribution in [0.15, 0.2) is 35.1 Å². The van der Waals surface area contributed by atoms with Crippen LogP contribution in [0.3, 0.4) is 0 Å². The Morgan fingerprint density at radius 3 is 2.63 bits per heavy atom. The smallest absolute Gasteiger partial charge is 0.279 e. The van der Waals surface area contributed by atoms with Crippen LogP contribution >= 0.6 is 0 Å². The van der Waals surface area contributed by atoms with Crippen LogP contribution in [0.1, 0.15) is 29.7 Å². The van der Waals surface area contributed by atoms with Crippen molar-refractivity contribution in [2.45, 2.75) is 32.2 Å². The van der Waals surface area contributed by atoms with Crippen molar-refractivity contribution in [1.82, 2.24) is 19.2 Å². The number of morpholine rings is 1. The minimum atomic E-state index is -0.00368. The largest absolute Gasteiger partial charge is 0.378 e. The zero-order valence-corrected chi connectivity index (χ0v) is 15.3. The molecule has 0 N–H and O–H groups in total. The highest BCUT2D eigenvalue weighted by Crippen LogP contribution is 2.22. The number of benzene rings is 1. The van der Waals surface area contributed by atoms with Crippen molar-refractivity contribution in [2.75, 3.05) is 31.2 Å². The van der Waals surface area contributed by atoms with Crippen LogP contribution in [0.25, 0.3) is 5.78 Å². The lowest BCUT2D eigenvalue weighted by Crippen LogP contribution is -2.37. The molecule has 5 rings (SSSR count). The second-order valence-corrected chi connectivity index (χ2v) is 7.23. The van der Waals surface area contributed by atoms with Crippen molar-refractivity contribution in [3.05, 3.63) is 57.5 Å². The summed E-state index contributed by atoms with van der Waals surface area (Å²) in [4.78, 5) is 20.0. The number of ether oxygens (including phenoxy) is 1. The first-order chi connectivity index (χ1) is 13.3. The molecule has 0 radical (unpaired) electrons. The standard InChI is InChI=1S/C20H23N5O2/c26-18-16-8-4-5-9-17(16)24(14-15-6-2-1-3-7-15)20-21-19(22-25(18)20)23-10-12-27-13-11-23/h1-3,6-7H,4-5,8-14H2. The van der Waals surface area contributed by atoms with Gasteiger partial charge in [-0.05, 0) is 31.2 Å². The van der Waals surface area contributed by atoms with Crippen LogP contribution in [-0.2, 0) is 24.1 Å². The number of fused-ring (bicyclic) bond motifs is 2. The van der Waals surface area contributed by atoms with E-state index in [1.54, 1.807) is 0 Å². The lowest BCUT2D eigenvalue weighted by Gasteiger charge is -2.25. The maximum atomic E-state index is 13.1. The molecule has 1 saturated heterocycles. The van der Waals surface area contributed by atoms with Gasteiger partial charge in [0, 0.05) is 24.3 Å². The van der Waals surface area contributed by atoms with Crippen molar-refractivity contribution in [3.8, 4) is 0 Å². The molecule has 1 aromatic carbocycles. The van der Waals surface area contributed by atoms with Crippen molar-refractivity contribution in [1.29, 1.82) is 0 Å². The van der Waals surface area contributed by atoms with Crippen LogP contribution in [-0.4, -0.2) is 45.5 Å². The SMILES string of the molecule is O=c1c2c(n(Cc3ccccc3)c3nc(N4CCOCC4)nn13)CCCC2. The van der Waals surface area contributed by atoms with E-state index in [4.69, 9.17) is 9.72 Å². The van der Waals surface area contributed by atoms with Crippen molar-refractivity contribution in [2.24, 2.45) is 0 Å². The van der Waals surface area contributed by atoms with E-state index < -0.39 is 0 Å². The molecule has 0 spiro atoms. The molecule has 3 heterocycles. The Morgan fingerprint density at radius 2 is 1.81 bits per heavy atom. The molecule has 2 aromatic heterocycles. The topological polar surface area (TPSA) is 64.7 Å². The molecule has 1 aliphatic heterocycles. The second kappa shape index (κ2) is 6.81. The second-order valence-electron chi connectivity index (χ2n) is 7.23. The predicted molar refractivity (Wildman–Crippen MR) is 102 cm³/mol. The van der Waals surface area contributed by atoms with E-state index in [0.717, 1.165) is 50.0 Å². The predicted octanol–water partition coefficient (Wildman–Crippen LogP) is 1.65. The number of rotatable bonds is 3. The third-order valence-electron chi connectivity index (χ3n) is 5.51. The third kappa shape index (κ3) is 2.92. The van der Waals surface area contributed by atoms with E-state index in [0.29, 0.717) is 31.5 Å². The van der Waals surface area contributed by atoms with Crippen LogP contribution in [0.4, 0.5) is 5.95 Å². The summed E-state index contributed by atoms with van der Waals surface area (Å²) in [5, 5.41) is 4.59. The Hall–Kier alpha value is -2.67. The fraction of sp³-hybridized carbons (Fsp3) is 0.450. The summed E-state index contributed by atoms with van der Waals surface area (Å²) in [7, 11) is 0. The molecule has 0 atom stereocenters. The summed E-state index contributed by atoms with van der Waals surface area (Å²) >= 11 is 0. The van der Waals surface area contributed by atoms with Crippen molar-refractivity contribution >= 4 is 11.7 Å². The van der Waals surface area contributed by atoms with E-state index in [-0.39, 0.29) is 5.56 Å². The van der Waals surface area contributed by atoms with E-state index in [1.807, 2.05) is 18.2 Å². The number of hydrogen-bond donors (Lipinski definition) is 0. The normalized spacial score (nSPS) is 17.3. The van der Waals surface area contributed by atoms with E-state index >= 15 is 0 Å². The lowest BCUT2D eigenvalue weighted by atomic mass is 9.96. The fourth-order valence-electron chi connectivity index (χ4n) is 4.10. The molecule has 140 valence electrons. The van der Waals surface area contributed by atoms with E-state index in [1.165, 1.54) is 10.1 Å². The van der Waals surface area contributed by atoms with Gasteiger partial charge in [-0.25, -0.2) is 0 Å². The average molecular weight is 365 g/mol. The Kier molecular flexibility index (Phi) is 4.16. The molecule has 0 bridgehead atoms. The summed E-state index contributed by atoms with van der Waals surface area (Å²) in [5.74, 6) is 1.27. The first kappa shape index (κ1) is 16.5. The molecule has 7 heteroatoms. The van der Waals surface area contributed by atoms with Crippen LogP contribution < -0.4 is 10.5 Å². The first-order valence-corrected chi connectivity index (χ1v) is 9.69. The quantitative estimate of drug-likeness (QED) is 0.706. The van der Waals surface area contributed by atoms with Gasteiger partial charge in [-0.2, -0.15) is 9.50 Å². The minimum Gasteiger partial charge on any atom is -0.378 e. The number of nitrogens with zero attached hydrogens (tertiary/aromatic N) is 5. The number of aromatic nitrogens is 4. The summed E-state index contributed by atoms with van der Waals surface area (Å²) in [6.45, 7) is 3.54. The molecule has 3 aromatic rings. The molecule has 1 aliphatic carbocycles. The maximum Gasteiger partial charge on any atom is 0.279 e. The van der Waals surface area contributed by atoms with Crippen molar-refractivity contribution < 1.29 is 4.74 Å². The zero-order valence-electron chi connectivity index (χ0n) is 15.3. The van der Waals surface area contributed by atoms with Gasteiger partial charge >= 0.3 is 0 Å². The summed E-state index contributed by atoms with van der Waals surface area (Å²) in [6, 6.07) is 10.3.